The third kappa shape index (κ3) is 4.34. The van der Waals surface area contributed by atoms with Crippen molar-refractivity contribution in [2.45, 2.75) is 12.5 Å². The van der Waals surface area contributed by atoms with E-state index in [2.05, 4.69) is 5.32 Å². The lowest BCUT2D eigenvalue weighted by atomic mass is 10.2. The normalized spacial score (nSPS) is 18.3. The van der Waals surface area contributed by atoms with Gasteiger partial charge in [0.2, 0.25) is 0 Å². The summed E-state index contributed by atoms with van der Waals surface area (Å²) in [6.45, 7) is 3.00. The van der Waals surface area contributed by atoms with Gasteiger partial charge in [0, 0.05) is 31.1 Å². The molecule has 2 nitrogen and oxygen atoms in total. The Balaban J connectivity index is 0.00000128. The molecule has 0 aromatic carbocycles. The van der Waals surface area contributed by atoms with E-state index in [1.165, 1.54) is 11.3 Å². The second-order valence-electron chi connectivity index (χ2n) is 3.58. The second-order valence-corrected chi connectivity index (χ2v) is 4.56. The fraction of sp³-hybridized carbons (Fsp3) is 0.600. The van der Waals surface area contributed by atoms with Gasteiger partial charge in [-0.25, -0.2) is 8.78 Å². The lowest BCUT2D eigenvalue weighted by Crippen LogP contribution is -2.46. The highest BCUT2D eigenvalue weighted by molar-refractivity contribution is 7.10. The average molecular weight is 305 g/mol. The smallest absolute Gasteiger partial charge is 0.258 e. The molecule has 1 fully saturated rings. The minimum absolute atomic E-state index is 0. The monoisotopic (exact) mass is 304 g/mol. The van der Waals surface area contributed by atoms with Gasteiger partial charge in [0.1, 0.15) is 6.04 Å². The Morgan fingerprint density at radius 2 is 1.88 bits per heavy atom. The predicted octanol–water partition coefficient (Wildman–Crippen LogP) is 2.80. The molecule has 0 aliphatic carbocycles. The maximum absolute atomic E-state index is 13.0. The summed E-state index contributed by atoms with van der Waals surface area (Å²) < 4.78 is 26.0. The van der Waals surface area contributed by atoms with Gasteiger partial charge >= 0.3 is 0 Å². The van der Waals surface area contributed by atoms with E-state index in [1.807, 2.05) is 16.3 Å². The Kier molecular flexibility index (Phi) is 8.24. The van der Waals surface area contributed by atoms with Crippen molar-refractivity contribution in [3.8, 4) is 0 Å². The molecule has 1 N–H and O–H groups in total. The van der Waals surface area contributed by atoms with Crippen LogP contribution in [0.15, 0.2) is 17.5 Å². The van der Waals surface area contributed by atoms with Gasteiger partial charge in [0.25, 0.3) is 6.43 Å². The first-order valence-corrected chi connectivity index (χ1v) is 5.93. The summed E-state index contributed by atoms with van der Waals surface area (Å²) in [4.78, 5) is 2.64. The second kappa shape index (κ2) is 8.21. The average Bonchev–Trinajstić information content (AvgIpc) is 2.72. The van der Waals surface area contributed by atoms with Crippen molar-refractivity contribution in [1.82, 2.24) is 10.2 Å². The van der Waals surface area contributed by atoms with Crippen molar-refractivity contribution in [3.05, 3.63) is 22.4 Å². The van der Waals surface area contributed by atoms with Crippen molar-refractivity contribution < 1.29 is 8.78 Å². The molecular weight excluding hydrogens is 289 g/mol. The van der Waals surface area contributed by atoms with Crippen LogP contribution < -0.4 is 5.32 Å². The molecule has 0 radical (unpaired) electrons. The Hall–Kier alpha value is 0.0600. The third-order valence-corrected chi connectivity index (χ3v) is 3.56. The summed E-state index contributed by atoms with van der Waals surface area (Å²) in [7, 11) is 0. The number of alkyl halides is 2. The molecule has 2 heterocycles. The SMILES string of the molecule is Cl.Cl.FC(F)[C@H](c1cccs1)N1CCNCC1. The van der Waals surface area contributed by atoms with Crippen LogP contribution in [-0.2, 0) is 0 Å². The number of rotatable bonds is 3. The molecule has 1 aromatic heterocycles. The molecule has 0 bridgehead atoms. The zero-order valence-electron chi connectivity index (χ0n) is 9.14. The van der Waals surface area contributed by atoms with Crippen LogP contribution in [0.3, 0.4) is 0 Å². The first kappa shape index (κ1) is 17.1. The number of nitrogens with one attached hydrogen (secondary N) is 1. The largest absolute Gasteiger partial charge is 0.314 e. The van der Waals surface area contributed by atoms with Crippen molar-refractivity contribution >= 4 is 36.2 Å². The van der Waals surface area contributed by atoms with Gasteiger partial charge in [0.05, 0.1) is 0 Å². The summed E-state index contributed by atoms with van der Waals surface area (Å²) in [5, 5.41) is 5.02. The lowest BCUT2D eigenvalue weighted by molar-refractivity contribution is 0.0200. The first-order chi connectivity index (χ1) is 7.29. The fourth-order valence-electron chi connectivity index (χ4n) is 1.88. The van der Waals surface area contributed by atoms with E-state index in [1.54, 1.807) is 6.07 Å². The molecule has 100 valence electrons. The molecule has 2 rings (SSSR count). The Morgan fingerprint density at radius 1 is 1.24 bits per heavy atom. The molecule has 1 saturated heterocycles. The highest BCUT2D eigenvalue weighted by atomic mass is 35.5. The van der Waals surface area contributed by atoms with E-state index in [-0.39, 0.29) is 24.8 Å². The maximum atomic E-state index is 13.0. The summed E-state index contributed by atoms with van der Waals surface area (Å²) in [5.74, 6) is 0. The minimum Gasteiger partial charge on any atom is -0.314 e. The van der Waals surface area contributed by atoms with Crippen LogP contribution in [0.1, 0.15) is 10.9 Å². The maximum Gasteiger partial charge on any atom is 0.258 e. The van der Waals surface area contributed by atoms with Gasteiger partial charge in [-0.3, -0.25) is 4.90 Å². The molecule has 1 aromatic rings. The topological polar surface area (TPSA) is 15.3 Å². The van der Waals surface area contributed by atoms with Crippen LogP contribution >= 0.6 is 36.2 Å². The quantitative estimate of drug-likeness (QED) is 0.924. The Morgan fingerprint density at radius 3 is 2.35 bits per heavy atom. The molecule has 1 aliphatic heterocycles. The van der Waals surface area contributed by atoms with Crippen LogP contribution in [-0.4, -0.2) is 37.5 Å². The molecule has 0 saturated carbocycles. The van der Waals surface area contributed by atoms with E-state index < -0.39 is 12.5 Å². The van der Waals surface area contributed by atoms with Gasteiger partial charge in [-0.1, -0.05) is 6.07 Å². The van der Waals surface area contributed by atoms with Gasteiger partial charge in [-0.15, -0.1) is 36.2 Å². The van der Waals surface area contributed by atoms with Crippen molar-refractivity contribution in [2.75, 3.05) is 26.2 Å². The van der Waals surface area contributed by atoms with Crippen LogP contribution in [0.5, 0.6) is 0 Å². The van der Waals surface area contributed by atoms with Gasteiger partial charge in [0.15, 0.2) is 0 Å². The van der Waals surface area contributed by atoms with E-state index >= 15 is 0 Å². The van der Waals surface area contributed by atoms with Gasteiger partial charge < -0.3 is 5.32 Å². The zero-order valence-corrected chi connectivity index (χ0v) is 11.6. The fourth-order valence-corrected chi connectivity index (χ4v) is 2.75. The molecule has 0 unspecified atom stereocenters. The molecule has 7 heteroatoms. The van der Waals surface area contributed by atoms with E-state index in [0.717, 1.165) is 18.0 Å². The van der Waals surface area contributed by atoms with Crippen LogP contribution in [0.2, 0.25) is 0 Å². The van der Waals surface area contributed by atoms with Crippen molar-refractivity contribution in [1.29, 1.82) is 0 Å². The first-order valence-electron chi connectivity index (χ1n) is 5.05. The molecule has 1 aliphatic rings. The zero-order chi connectivity index (χ0) is 10.7. The predicted molar refractivity (Wildman–Crippen MR) is 72.0 cm³/mol. The van der Waals surface area contributed by atoms with Crippen LogP contribution in [0.4, 0.5) is 8.78 Å². The molecule has 0 spiro atoms. The van der Waals surface area contributed by atoms with E-state index in [9.17, 15) is 8.78 Å². The number of hydrogen-bond donors (Lipinski definition) is 1. The van der Waals surface area contributed by atoms with Crippen LogP contribution in [0, 0.1) is 0 Å². The number of halogens is 4. The standard InChI is InChI=1S/C10H14F2N2S.2ClH/c11-10(12)9(8-2-1-7-15-8)14-5-3-13-4-6-14;;/h1-2,7,9-10,13H,3-6H2;2*1H/t9-;;/m0../s1. The van der Waals surface area contributed by atoms with Gasteiger partial charge in [-0.05, 0) is 11.4 Å². The molecule has 1 atom stereocenters. The van der Waals surface area contributed by atoms with E-state index in [0.29, 0.717) is 13.1 Å². The Bertz CT molecular complexity index is 293. The third-order valence-electron chi connectivity index (χ3n) is 2.62. The number of thiophene rings is 1. The van der Waals surface area contributed by atoms with Crippen LogP contribution in [0.25, 0.3) is 0 Å². The van der Waals surface area contributed by atoms with E-state index in [4.69, 9.17) is 0 Å². The Labute approximate surface area is 116 Å². The number of nitrogens with zero attached hydrogens (tertiary/aromatic N) is 1. The van der Waals surface area contributed by atoms with Crippen molar-refractivity contribution in [2.24, 2.45) is 0 Å². The summed E-state index contributed by atoms with van der Waals surface area (Å²) in [6, 6.07) is 2.91. The molecule has 0 amide bonds. The highest BCUT2D eigenvalue weighted by Gasteiger charge is 2.30. The molecule has 17 heavy (non-hydrogen) atoms. The molecular formula is C10H16Cl2F2N2S. The van der Waals surface area contributed by atoms with Crippen molar-refractivity contribution in [3.63, 3.8) is 0 Å². The minimum atomic E-state index is -2.30. The van der Waals surface area contributed by atoms with Gasteiger partial charge in [-0.2, -0.15) is 0 Å². The summed E-state index contributed by atoms with van der Waals surface area (Å²) in [6.07, 6.45) is -2.30. The summed E-state index contributed by atoms with van der Waals surface area (Å²) in [5.41, 5.74) is 0. The number of hydrogen-bond acceptors (Lipinski definition) is 3. The number of piperazine rings is 1. The highest BCUT2D eigenvalue weighted by Crippen LogP contribution is 2.30. The summed E-state index contributed by atoms with van der Waals surface area (Å²) >= 11 is 1.41. The lowest BCUT2D eigenvalue weighted by Gasteiger charge is -2.33.